The number of nitrogens with one attached hydrogen (secondary N) is 1. The van der Waals surface area contributed by atoms with Crippen LogP contribution in [-0.4, -0.2) is 54.3 Å². The van der Waals surface area contributed by atoms with Gasteiger partial charge in [0.15, 0.2) is 0 Å². The second kappa shape index (κ2) is 29.8. The van der Waals surface area contributed by atoms with Gasteiger partial charge in [-0.15, -0.1) is 0 Å². The van der Waals surface area contributed by atoms with E-state index in [1.54, 1.807) is 0 Å². The molecule has 0 aromatic heterocycles. The van der Waals surface area contributed by atoms with Crippen LogP contribution >= 0.6 is 7.82 Å². The molecule has 0 rings (SSSR count). The van der Waals surface area contributed by atoms with Crippen molar-refractivity contribution < 1.29 is 37.9 Å². The van der Waals surface area contributed by atoms with Gasteiger partial charge in [-0.05, 0) is 38.5 Å². The van der Waals surface area contributed by atoms with Gasteiger partial charge in [0, 0.05) is 19.4 Å². The Morgan fingerprint density at radius 3 is 1.79 bits per heavy atom. The summed E-state index contributed by atoms with van der Waals surface area (Å²) in [7, 11) is -4.39. The van der Waals surface area contributed by atoms with Gasteiger partial charge in [0.25, 0.3) is 0 Å². The SMILES string of the molecule is CCCCCCCCC/C=C\CCCCCCCC(=O)OCC(O)COP(=O)(O)OCCNC(=O)CCCCCCC. The molecule has 0 spiro atoms. The largest absolute Gasteiger partial charge is 0.472 e. The molecule has 0 aromatic rings. The number of hydrogen-bond acceptors (Lipinski definition) is 7. The molecule has 10 heteroatoms. The van der Waals surface area contributed by atoms with Crippen molar-refractivity contribution in [3.05, 3.63) is 12.2 Å². The highest BCUT2D eigenvalue weighted by Gasteiger charge is 2.23. The highest BCUT2D eigenvalue weighted by Crippen LogP contribution is 2.42. The van der Waals surface area contributed by atoms with Crippen LogP contribution in [0.3, 0.4) is 0 Å². The predicted molar refractivity (Wildman–Crippen MR) is 169 cm³/mol. The van der Waals surface area contributed by atoms with E-state index in [1.165, 1.54) is 51.4 Å². The number of esters is 1. The molecular weight excluding hydrogens is 557 g/mol. The van der Waals surface area contributed by atoms with Crippen LogP contribution in [0.25, 0.3) is 0 Å². The molecular formula is C32H62NO8P. The average molecular weight is 620 g/mol. The van der Waals surface area contributed by atoms with Crippen LogP contribution in [0.5, 0.6) is 0 Å². The number of phosphoric acid groups is 1. The summed E-state index contributed by atoms with van der Waals surface area (Å²) in [6.07, 6.45) is 26.1. The molecule has 0 bridgehead atoms. The summed E-state index contributed by atoms with van der Waals surface area (Å²) in [6, 6.07) is 0. The molecule has 0 aliphatic rings. The van der Waals surface area contributed by atoms with Crippen LogP contribution in [0.1, 0.15) is 149 Å². The van der Waals surface area contributed by atoms with Gasteiger partial charge in [-0.25, -0.2) is 4.57 Å². The van der Waals surface area contributed by atoms with Crippen molar-refractivity contribution in [1.82, 2.24) is 5.32 Å². The molecule has 248 valence electrons. The lowest BCUT2D eigenvalue weighted by Gasteiger charge is -2.15. The number of amides is 1. The maximum atomic E-state index is 11.9. The Balaban J connectivity index is 3.63. The molecule has 0 aliphatic heterocycles. The van der Waals surface area contributed by atoms with Crippen LogP contribution in [0.15, 0.2) is 12.2 Å². The minimum absolute atomic E-state index is 0.0816. The Labute approximate surface area is 256 Å². The number of carbonyl (C=O) groups is 2. The fourth-order valence-corrected chi connectivity index (χ4v) is 5.13. The summed E-state index contributed by atoms with van der Waals surface area (Å²) in [5.41, 5.74) is 0. The fourth-order valence-electron chi connectivity index (χ4n) is 4.37. The zero-order valence-electron chi connectivity index (χ0n) is 26.7. The van der Waals surface area contributed by atoms with Crippen LogP contribution < -0.4 is 5.32 Å². The van der Waals surface area contributed by atoms with E-state index in [-0.39, 0.29) is 32.1 Å². The van der Waals surface area contributed by atoms with Gasteiger partial charge in [-0.1, -0.05) is 109 Å². The number of hydrogen-bond donors (Lipinski definition) is 3. The molecule has 2 unspecified atom stereocenters. The maximum Gasteiger partial charge on any atom is 0.472 e. The predicted octanol–water partition coefficient (Wildman–Crippen LogP) is 7.93. The minimum atomic E-state index is -4.39. The molecule has 0 aromatic carbocycles. The summed E-state index contributed by atoms with van der Waals surface area (Å²) in [5.74, 6) is -0.537. The van der Waals surface area contributed by atoms with Crippen LogP contribution in [0.4, 0.5) is 0 Å². The van der Waals surface area contributed by atoms with Crippen molar-refractivity contribution in [2.45, 2.75) is 155 Å². The number of phosphoric ester groups is 1. The Kier molecular flexibility index (Phi) is 28.9. The van der Waals surface area contributed by atoms with E-state index in [9.17, 15) is 24.2 Å². The summed E-state index contributed by atoms with van der Waals surface area (Å²) < 4.78 is 26.5. The first-order chi connectivity index (χ1) is 20.3. The molecule has 0 fully saturated rings. The van der Waals surface area contributed by atoms with E-state index in [0.717, 1.165) is 70.6 Å². The van der Waals surface area contributed by atoms with E-state index >= 15 is 0 Å². The summed E-state index contributed by atoms with van der Waals surface area (Å²) in [4.78, 5) is 33.3. The number of unbranched alkanes of at least 4 members (excludes halogenated alkanes) is 16. The van der Waals surface area contributed by atoms with E-state index in [1.807, 2.05) is 0 Å². The number of ether oxygens (including phenoxy) is 1. The van der Waals surface area contributed by atoms with E-state index < -0.39 is 26.5 Å². The molecule has 2 atom stereocenters. The first-order valence-electron chi connectivity index (χ1n) is 16.7. The quantitative estimate of drug-likeness (QED) is 0.0309. The van der Waals surface area contributed by atoms with Crippen molar-refractivity contribution >= 4 is 19.7 Å². The van der Waals surface area contributed by atoms with Crippen LogP contribution in [0, 0.1) is 0 Å². The van der Waals surface area contributed by atoms with Crippen molar-refractivity contribution in [2.75, 3.05) is 26.4 Å². The summed E-state index contributed by atoms with van der Waals surface area (Å²) >= 11 is 0. The fraction of sp³-hybridized carbons (Fsp3) is 0.875. The smallest absolute Gasteiger partial charge is 0.463 e. The lowest BCUT2D eigenvalue weighted by molar-refractivity contribution is -0.147. The standard InChI is InChI=1S/C32H62NO8P/c1-3-5-7-9-10-11-12-13-14-15-16-17-18-19-21-23-25-32(36)39-28-30(34)29-41-42(37,38)40-27-26-33-31(35)24-22-20-8-6-4-2/h14-15,30,34H,3-13,16-29H2,1-2H3,(H,33,35)(H,37,38)/b15-14-. The maximum absolute atomic E-state index is 11.9. The third-order valence-electron chi connectivity index (χ3n) is 6.95. The van der Waals surface area contributed by atoms with Crippen molar-refractivity contribution in [3.63, 3.8) is 0 Å². The number of allylic oxidation sites excluding steroid dienone is 2. The second-order valence-electron chi connectivity index (χ2n) is 11.1. The monoisotopic (exact) mass is 619 g/mol. The van der Waals surface area contributed by atoms with Crippen molar-refractivity contribution in [3.8, 4) is 0 Å². The number of carbonyl (C=O) groups excluding carboxylic acids is 2. The Hall–Kier alpha value is -1.25. The molecule has 3 N–H and O–H groups in total. The first-order valence-corrected chi connectivity index (χ1v) is 18.2. The Bertz CT molecular complexity index is 719. The summed E-state index contributed by atoms with van der Waals surface area (Å²) in [5, 5.41) is 12.5. The number of aliphatic hydroxyl groups excluding tert-OH is 1. The zero-order valence-corrected chi connectivity index (χ0v) is 27.6. The molecule has 0 heterocycles. The molecule has 0 aliphatic carbocycles. The summed E-state index contributed by atoms with van der Waals surface area (Å²) in [6.45, 7) is 3.43. The van der Waals surface area contributed by atoms with Gasteiger partial charge in [0.05, 0.1) is 13.2 Å². The second-order valence-corrected chi connectivity index (χ2v) is 12.6. The van der Waals surface area contributed by atoms with Gasteiger partial charge in [-0.3, -0.25) is 18.6 Å². The lowest BCUT2D eigenvalue weighted by Crippen LogP contribution is -2.27. The van der Waals surface area contributed by atoms with Gasteiger partial charge in [0.2, 0.25) is 5.91 Å². The first kappa shape index (κ1) is 40.8. The Morgan fingerprint density at radius 2 is 1.21 bits per heavy atom. The van der Waals surface area contributed by atoms with E-state index in [2.05, 4.69) is 31.3 Å². The Morgan fingerprint density at radius 1 is 0.714 bits per heavy atom. The molecule has 9 nitrogen and oxygen atoms in total. The molecule has 0 saturated heterocycles. The molecule has 42 heavy (non-hydrogen) atoms. The number of rotatable bonds is 31. The van der Waals surface area contributed by atoms with Crippen molar-refractivity contribution in [2.24, 2.45) is 0 Å². The molecule has 0 saturated carbocycles. The van der Waals surface area contributed by atoms with Gasteiger partial charge >= 0.3 is 13.8 Å². The third kappa shape index (κ3) is 30.2. The van der Waals surface area contributed by atoms with E-state index in [0.29, 0.717) is 6.42 Å². The van der Waals surface area contributed by atoms with Crippen LogP contribution in [-0.2, 0) is 27.9 Å². The highest BCUT2D eigenvalue weighted by atomic mass is 31.2. The molecule has 1 amide bonds. The van der Waals surface area contributed by atoms with Gasteiger partial charge < -0.3 is 20.1 Å². The van der Waals surface area contributed by atoms with Gasteiger partial charge in [-0.2, -0.15) is 0 Å². The van der Waals surface area contributed by atoms with Gasteiger partial charge in [0.1, 0.15) is 12.7 Å². The topological polar surface area (TPSA) is 131 Å². The average Bonchev–Trinajstić information content (AvgIpc) is 2.97. The van der Waals surface area contributed by atoms with Crippen LogP contribution in [0.2, 0.25) is 0 Å². The normalized spacial score (nSPS) is 13.7. The third-order valence-corrected chi connectivity index (χ3v) is 7.93. The minimum Gasteiger partial charge on any atom is -0.463 e. The van der Waals surface area contributed by atoms with Crippen molar-refractivity contribution in [1.29, 1.82) is 0 Å². The zero-order chi connectivity index (χ0) is 31.2. The number of aliphatic hydroxyl groups is 1. The molecule has 0 radical (unpaired) electrons. The highest BCUT2D eigenvalue weighted by molar-refractivity contribution is 7.47. The van der Waals surface area contributed by atoms with E-state index in [4.69, 9.17) is 13.8 Å². The lowest BCUT2D eigenvalue weighted by atomic mass is 10.1.